The first kappa shape index (κ1) is 14.6. The molecule has 0 bridgehead atoms. The predicted molar refractivity (Wildman–Crippen MR) is 86.8 cm³/mol. The average molecular weight is 307 g/mol. The van der Waals surface area contributed by atoms with Crippen LogP contribution in [0, 0.1) is 0 Å². The van der Waals surface area contributed by atoms with E-state index < -0.39 is 11.3 Å². The van der Waals surface area contributed by atoms with Crippen LogP contribution < -0.4 is 9.62 Å². The average Bonchev–Trinajstić information content (AvgIpc) is 2.91. The Bertz CT molecular complexity index is 635. The number of aromatic nitrogens is 1. The van der Waals surface area contributed by atoms with Crippen LogP contribution in [-0.4, -0.2) is 33.4 Å². The van der Waals surface area contributed by atoms with Crippen LogP contribution in [-0.2, 0) is 17.7 Å². The maximum atomic E-state index is 10.6. The minimum atomic E-state index is -1.93. The van der Waals surface area contributed by atoms with E-state index in [-0.39, 0.29) is 0 Å². The second kappa shape index (κ2) is 6.60. The molecule has 1 saturated heterocycles. The molecule has 1 atom stereocenters. The molecule has 2 aromatic rings. The highest BCUT2D eigenvalue weighted by atomic mass is 32.2. The van der Waals surface area contributed by atoms with Crippen molar-refractivity contribution >= 4 is 27.9 Å². The molecular weight excluding hydrogens is 286 g/mol. The number of nitrogens with one attached hydrogen (secondary N) is 2. The van der Waals surface area contributed by atoms with Gasteiger partial charge in [-0.2, -0.15) is 0 Å². The molecule has 3 rings (SSSR count). The summed E-state index contributed by atoms with van der Waals surface area (Å²) in [4.78, 5) is 5.79. The third-order valence-electron chi connectivity index (χ3n) is 4.06. The molecule has 5 nitrogen and oxygen atoms in total. The Balaban J connectivity index is 1.80. The summed E-state index contributed by atoms with van der Waals surface area (Å²) in [6, 6.07) is 6.35. The fraction of sp³-hybridized carbons (Fsp3) is 0.467. The zero-order chi connectivity index (χ0) is 14.7. The Morgan fingerprint density at radius 3 is 2.86 bits per heavy atom. The molecule has 1 aromatic carbocycles. The molecule has 0 spiro atoms. The van der Waals surface area contributed by atoms with E-state index in [1.54, 1.807) is 0 Å². The van der Waals surface area contributed by atoms with Crippen LogP contribution in [0.25, 0.3) is 10.9 Å². The third kappa shape index (κ3) is 3.45. The van der Waals surface area contributed by atoms with Gasteiger partial charge in [0.25, 0.3) is 0 Å². The highest BCUT2D eigenvalue weighted by Crippen LogP contribution is 2.29. The van der Waals surface area contributed by atoms with Crippen LogP contribution in [0.2, 0.25) is 0 Å². The van der Waals surface area contributed by atoms with E-state index in [2.05, 4.69) is 39.0 Å². The number of hydrogen-bond donors (Lipinski definition) is 3. The first-order valence-electron chi connectivity index (χ1n) is 7.43. The number of aromatic amines is 1. The Labute approximate surface area is 127 Å². The van der Waals surface area contributed by atoms with Gasteiger partial charge in [-0.1, -0.05) is 6.07 Å². The monoisotopic (exact) mass is 307 g/mol. The predicted octanol–water partition coefficient (Wildman–Crippen LogP) is 2.43. The van der Waals surface area contributed by atoms with Crippen LogP contribution in [0.3, 0.4) is 0 Å². The summed E-state index contributed by atoms with van der Waals surface area (Å²) in [5.41, 5.74) is 3.61. The highest BCUT2D eigenvalue weighted by Gasteiger charge is 2.15. The topological polar surface area (TPSA) is 68.4 Å². The zero-order valence-electron chi connectivity index (χ0n) is 12.0. The van der Waals surface area contributed by atoms with Crippen LogP contribution in [0.4, 0.5) is 5.69 Å². The second-order valence-electron chi connectivity index (χ2n) is 5.50. The molecule has 2 heterocycles. The van der Waals surface area contributed by atoms with Crippen molar-refractivity contribution in [2.75, 3.05) is 24.5 Å². The molecule has 1 unspecified atom stereocenters. The van der Waals surface area contributed by atoms with Crippen molar-refractivity contribution in [2.45, 2.75) is 25.7 Å². The lowest BCUT2D eigenvalue weighted by atomic mass is 10.1. The number of rotatable bonds is 5. The number of hydrogen-bond acceptors (Lipinski definition) is 2. The van der Waals surface area contributed by atoms with Crippen molar-refractivity contribution in [3.05, 3.63) is 30.0 Å². The molecule has 1 fully saturated rings. The Morgan fingerprint density at radius 2 is 2.10 bits per heavy atom. The number of nitrogens with zero attached hydrogens (tertiary/aromatic N) is 1. The fourth-order valence-electron chi connectivity index (χ4n) is 2.99. The molecule has 0 amide bonds. The summed E-state index contributed by atoms with van der Waals surface area (Å²) in [7, 11) is 0. The van der Waals surface area contributed by atoms with Gasteiger partial charge in [-0.3, -0.25) is 4.55 Å². The van der Waals surface area contributed by atoms with E-state index in [1.807, 2.05) is 0 Å². The molecule has 1 aromatic heterocycles. The van der Waals surface area contributed by atoms with Crippen molar-refractivity contribution < 1.29 is 8.76 Å². The van der Waals surface area contributed by atoms with Gasteiger partial charge in [0, 0.05) is 36.7 Å². The van der Waals surface area contributed by atoms with Gasteiger partial charge in [-0.25, -0.2) is 8.93 Å². The molecule has 1 aliphatic rings. The molecule has 114 valence electrons. The smallest absolute Gasteiger partial charge is 0.231 e. The van der Waals surface area contributed by atoms with Gasteiger partial charge in [-0.05, 0) is 43.4 Å². The molecule has 0 radical (unpaired) electrons. The Kier molecular flexibility index (Phi) is 4.57. The maximum Gasteiger partial charge on any atom is 0.231 e. The minimum Gasteiger partial charge on any atom is -0.370 e. The summed E-state index contributed by atoms with van der Waals surface area (Å²) < 4.78 is 21.9. The van der Waals surface area contributed by atoms with E-state index >= 15 is 0 Å². The largest absolute Gasteiger partial charge is 0.370 e. The molecular formula is C15H21N3O2S. The minimum absolute atomic E-state index is 0.498. The van der Waals surface area contributed by atoms with Crippen molar-refractivity contribution in [2.24, 2.45) is 0 Å². The van der Waals surface area contributed by atoms with Gasteiger partial charge in [0.1, 0.15) is 0 Å². The summed E-state index contributed by atoms with van der Waals surface area (Å²) in [5, 5.41) is 1.25. The Morgan fingerprint density at radius 1 is 1.29 bits per heavy atom. The molecule has 6 heteroatoms. The number of benzene rings is 1. The van der Waals surface area contributed by atoms with E-state index in [1.165, 1.54) is 35.9 Å². The van der Waals surface area contributed by atoms with Gasteiger partial charge in [0.15, 0.2) is 0 Å². The number of H-pyrrole nitrogens is 1. The van der Waals surface area contributed by atoms with Crippen LogP contribution in [0.1, 0.15) is 24.8 Å². The van der Waals surface area contributed by atoms with E-state index in [4.69, 9.17) is 4.55 Å². The van der Waals surface area contributed by atoms with E-state index in [0.717, 1.165) is 25.0 Å². The lowest BCUT2D eigenvalue weighted by molar-refractivity contribution is 0.549. The molecule has 21 heavy (non-hydrogen) atoms. The van der Waals surface area contributed by atoms with E-state index in [0.29, 0.717) is 6.54 Å². The summed E-state index contributed by atoms with van der Waals surface area (Å²) in [6.45, 7) is 2.75. The SMILES string of the molecule is O=S(O)NCCc1ccc2[nH]cc(N3CCCCC3)c2c1. The van der Waals surface area contributed by atoms with Gasteiger partial charge < -0.3 is 9.88 Å². The van der Waals surface area contributed by atoms with Crippen molar-refractivity contribution in [3.63, 3.8) is 0 Å². The van der Waals surface area contributed by atoms with Gasteiger partial charge in [-0.15, -0.1) is 0 Å². The summed E-state index contributed by atoms with van der Waals surface area (Å²) in [6.07, 6.45) is 6.69. The highest BCUT2D eigenvalue weighted by molar-refractivity contribution is 7.77. The normalized spacial score (nSPS) is 17.3. The first-order chi connectivity index (χ1) is 10.2. The third-order valence-corrected chi connectivity index (χ3v) is 4.51. The van der Waals surface area contributed by atoms with Crippen molar-refractivity contribution in [1.82, 2.24) is 9.71 Å². The quantitative estimate of drug-likeness (QED) is 0.743. The molecule has 3 N–H and O–H groups in total. The lowest BCUT2D eigenvalue weighted by Crippen LogP contribution is -2.29. The van der Waals surface area contributed by atoms with Crippen LogP contribution >= 0.6 is 0 Å². The standard InChI is InChI=1S/C15H21N3O2S/c19-21(20)17-7-6-12-4-5-14-13(10-12)15(11-16-14)18-8-2-1-3-9-18/h4-5,10-11,16-17H,1-3,6-9H2,(H,19,20). The zero-order valence-corrected chi connectivity index (χ0v) is 12.8. The maximum absolute atomic E-state index is 10.6. The summed E-state index contributed by atoms with van der Waals surface area (Å²) in [5.74, 6) is 0. The molecule has 0 aliphatic carbocycles. The lowest BCUT2D eigenvalue weighted by Gasteiger charge is -2.28. The van der Waals surface area contributed by atoms with Crippen molar-refractivity contribution in [3.8, 4) is 0 Å². The summed E-state index contributed by atoms with van der Waals surface area (Å²) >= 11 is -1.93. The van der Waals surface area contributed by atoms with Gasteiger partial charge >= 0.3 is 0 Å². The van der Waals surface area contributed by atoms with Gasteiger partial charge in [0.2, 0.25) is 11.3 Å². The molecule has 1 aliphatic heterocycles. The van der Waals surface area contributed by atoms with Crippen LogP contribution in [0.15, 0.2) is 24.4 Å². The van der Waals surface area contributed by atoms with Crippen molar-refractivity contribution in [1.29, 1.82) is 0 Å². The molecule has 0 saturated carbocycles. The fourth-order valence-corrected chi connectivity index (χ4v) is 3.26. The van der Waals surface area contributed by atoms with Crippen LogP contribution in [0.5, 0.6) is 0 Å². The Hall–Kier alpha value is -1.37. The number of piperidine rings is 1. The second-order valence-corrected chi connectivity index (χ2v) is 6.28. The number of fused-ring (bicyclic) bond motifs is 1. The first-order valence-corrected chi connectivity index (χ1v) is 8.54. The number of anilines is 1. The van der Waals surface area contributed by atoms with Gasteiger partial charge in [0.05, 0.1) is 5.69 Å². The van der Waals surface area contributed by atoms with E-state index in [9.17, 15) is 4.21 Å².